The fraction of sp³-hybridized carbons (Fsp3) is 0.538. The van der Waals surface area contributed by atoms with Gasteiger partial charge in [0, 0.05) is 11.6 Å². The van der Waals surface area contributed by atoms with Crippen LogP contribution in [0.2, 0.25) is 39.3 Å². The molecule has 1 nitrogen and oxygen atoms in total. The van der Waals surface area contributed by atoms with E-state index < -0.39 is 16.5 Å². The van der Waals surface area contributed by atoms with Crippen molar-refractivity contribution in [3.8, 4) is 0 Å². The van der Waals surface area contributed by atoms with Crippen LogP contribution < -0.4 is 4.23 Å². The molecule has 0 aromatic heterocycles. The molecule has 0 amide bonds. The van der Waals surface area contributed by atoms with Crippen molar-refractivity contribution in [2.45, 2.75) is 45.2 Å². The molecule has 100 valence electrons. The first-order chi connectivity index (χ1) is 7.68. The summed E-state index contributed by atoms with van der Waals surface area (Å²) in [5, 5.41) is 0. The van der Waals surface area contributed by atoms with E-state index in [9.17, 15) is 0 Å². The summed E-state index contributed by atoms with van der Waals surface area (Å²) in [6.07, 6.45) is 0. The average molecular weight is 312 g/mol. The Morgan fingerprint density at radius 3 is 1.83 bits per heavy atom. The Morgan fingerprint density at radius 2 is 1.44 bits per heavy atom. The number of hydrogen-bond acceptors (Lipinski definition) is 1. The van der Waals surface area contributed by atoms with Gasteiger partial charge in [0.25, 0.3) is 0 Å². The molecule has 18 heavy (non-hydrogen) atoms. The second kappa shape index (κ2) is 6.79. The zero-order chi connectivity index (χ0) is 13.3. The molecule has 0 spiro atoms. The van der Waals surface area contributed by atoms with Crippen LogP contribution in [0.15, 0.2) is 24.3 Å². The quantitative estimate of drug-likeness (QED) is 0.573. The van der Waals surface area contributed by atoms with E-state index in [4.69, 9.17) is 11.6 Å². The zero-order valence-electron chi connectivity index (χ0n) is 14.5. The van der Waals surface area contributed by atoms with Gasteiger partial charge in [0.05, 0.1) is 0 Å². The maximum Gasteiger partial charge on any atom is 2.00 e. The normalized spacial score (nSPS) is 11.9. The van der Waals surface area contributed by atoms with E-state index in [1.54, 1.807) is 0 Å². The molecule has 1 rings (SSSR count). The maximum absolute atomic E-state index is 6.08. The number of para-hydroxylation sites is 1. The van der Waals surface area contributed by atoms with Crippen LogP contribution in [-0.2, 0) is 5.88 Å². The number of halogens is 1. The second-order valence-electron chi connectivity index (χ2n) is 6.44. The monoisotopic (exact) mass is 311 g/mol. The topological polar surface area (TPSA) is 3.24 Å². The van der Waals surface area contributed by atoms with E-state index in [2.05, 4.69) is 67.8 Å². The van der Waals surface area contributed by atoms with Gasteiger partial charge in [0.2, 0.25) is 0 Å². The summed E-state index contributed by atoms with van der Waals surface area (Å²) in [6, 6.07) is 8.58. The third-order valence-corrected chi connectivity index (χ3v) is 10.2. The molecular formula is C13H26ClMgNSi2. The van der Waals surface area contributed by atoms with Crippen molar-refractivity contribution in [2.75, 3.05) is 4.23 Å². The Morgan fingerprint density at radius 1 is 1.00 bits per heavy atom. The van der Waals surface area contributed by atoms with Crippen LogP contribution in [0.1, 0.15) is 8.42 Å². The number of hydrogen-bond donors (Lipinski definition) is 0. The molecule has 5 heteroatoms. The number of benzene rings is 1. The van der Waals surface area contributed by atoms with Gasteiger partial charge in [-0.05, 0) is 11.6 Å². The smallest absolute Gasteiger partial charge is 1.00 e. The van der Waals surface area contributed by atoms with Crippen molar-refractivity contribution < 1.29 is 2.85 Å². The molecule has 0 saturated carbocycles. The van der Waals surface area contributed by atoms with Gasteiger partial charge >= 0.3 is 23.1 Å². The zero-order valence-corrected chi connectivity index (χ0v) is 16.7. The number of rotatable bonds is 4. The van der Waals surface area contributed by atoms with Gasteiger partial charge < -0.3 is 7.08 Å². The van der Waals surface area contributed by atoms with Crippen LogP contribution in [0.5, 0.6) is 0 Å². The standard InChI is InChI=1S/C13H24ClNSi2.Mg.2H/c1-16(2,3)15(17(4,5)6)13-10-8-7-9-12(13)11-14;;;/h7-10H,11H2,1-6H3;;;/q;+2;2*-1. The minimum absolute atomic E-state index is 0. The Balaban J connectivity index is -0.000000963. The van der Waals surface area contributed by atoms with Crippen molar-refractivity contribution in [3.63, 3.8) is 0 Å². The third-order valence-electron chi connectivity index (χ3n) is 2.72. The molecule has 0 heterocycles. The minimum atomic E-state index is -1.37. The summed E-state index contributed by atoms with van der Waals surface area (Å²) < 4.78 is 2.72. The first-order valence-corrected chi connectivity index (χ1v) is 13.5. The average Bonchev–Trinajstić information content (AvgIpc) is 2.14. The molecule has 0 N–H and O–H groups in total. The fourth-order valence-corrected chi connectivity index (χ4v) is 12.7. The summed E-state index contributed by atoms with van der Waals surface area (Å²) in [5.41, 5.74) is 2.62. The Hall–Kier alpha value is 0.510. The predicted molar refractivity (Wildman–Crippen MR) is 93.1 cm³/mol. The van der Waals surface area contributed by atoms with Crippen LogP contribution in [0.3, 0.4) is 0 Å². The summed E-state index contributed by atoms with van der Waals surface area (Å²) in [4.78, 5) is 0. The van der Waals surface area contributed by atoms with Crippen molar-refractivity contribution in [2.24, 2.45) is 0 Å². The molecule has 1 aromatic rings. The van der Waals surface area contributed by atoms with Gasteiger partial charge in [-0.1, -0.05) is 57.5 Å². The Labute approximate surface area is 138 Å². The molecule has 1 aromatic carbocycles. The summed E-state index contributed by atoms with van der Waals surface area (Å²) in [6.45, 7) is 14.5. The molecule has 0 radical (unpaired) electrons. The van der Waals surface area contributed by atoms with E-state index in [1.807, 2.05) is 0 Å². The second-order valence-corrected chi connectivity index (χ2v) is 16.7. The van der Waals surface area contributed by atoms with Gasteiger partial charge in [0.1, 0.15) is 16.5 Å². The molecule has 0 aliphatic heterocycles. The predicted octanol–water partition coefficient (Wildman–Crippen LogP) is 4.75. The number of nitrogens with zero attached hydrogens (tertiary/aromatic N) is 1. The van der Waals surface area contributed by atoms with Gasteiger partial charge in [-0.3, -0.25) is 0 Å². The van der Waals surface area contributed by atoms with Gasteiger partial charge in [-0.2, -0.15) is 0 Å². The van der Waals surface area contributed by atoms with Gasteiger partial charge in [0.15, 0.2) is 0 Å². The van der Waals surface area contributed by atoms with Crippen molar-refractivity contribution in [1.29, 1.82) is 0 Å². The van der Waals surface area contributed by atoms with Crippen molar-refractivity contribution in [3.05, 3.63) is 29.8 Å². The molecule has 0 fully saturated rings. The van der Waals surface area contributed by atoms with Crippen LogP contribution >= 0.6 is 11.6 Å². The third kappa shape index (κ3) is 4.56. The largest absolute Gasteiger partial charge is 2.00 e. The van der Waals surface area contributed by atoms with E-state index in [0.29, 0.717) is 5.88 Å². The molecule has 0 atom stereocenters. The molecule has 0 saturated heterocycles. The molecule has 0 bridgehead atoms. The van der Waals surface area contributed by atoms with E-state index in [0.717, 1.165) is 0 Å². The van der Waals surface area contributed by atoms with E-state index >= 15 is 0 Å². The van der Waals surface area contributed by atoms with Crippen LogP contribution in [0, 0.1) is 0 Å². The molecular weight excluding hydrogens is 286 g/mol. The van der Waals surface area contributed by atoms with E-state index in [-0.39, 0.29) is 25.9 Å². The molecule has 0 aliphatic carbocycles. The number of alkyl halides is 1. The van der Waals surface area contributed by atoms with Crippen molar-refractivity contribution >= 4 is 56.8 Å². The molecule has 0 unspecified atom stereocenters. The Bertz CT molecular complexity index is 381. The minimum Gasteiger partial charge on any atom is -1.00 e. The van der Waals surface area contributed by atoms with Crippen LogP contribution in [0.25, 0.3) is 0 Å². The van der Waals surface area contributed by atoms with Gasteiger partial charge in [-0.25, -0.2) is 0 Å². The van der Waals surface area contributed by atoms with Crippen LogP contribution in [0.4, 0.5) is 5.69 Å². The maximum atomic E-state index is 6.08. The first kappa shape index (κ1) is 18.5. The number of anilines is 1. The SMILES string of the molecule is C[Si](C)(C)N(c1ccccc1CCl)[Si](C)(C)C.[H-].[H-].[Mg+2]. The Kier molecular flexibility index (Phi) is 6.98. The fourth-order valence-electron chi connectivity index (χ4n) is 2.57. The van der Waals surface area contributed by atoms with E-state index in [1.165, 1.54) is 11.3 Å². The van der Waals surface area contributed by atoms with Gasteiger partial charge in [-0.15, -0.1) is 11.6 Å². The van der Waals surface area contributed by atoms with Crippen molar-refractivity contribution in [1.82, 2.24) is 0 Å². The van der Waals surface area contributed by atoms with Crippen LogP contribution in [-0.4, -0.2) is 39.5 Å². The summed E-state index contributed by atoms with van der Waals surface area (Å²) >= 11 is 6.08. The summed E-state index contributed by atoms with van der Waals surface area (Å²) in [7, 11) is -2.75. The molecule has 0 aliphatic rings. The summed E-state index contributed by atoms with van der Waals surface area (Å²) in [5.74, 6) is 0.599. The first-order valence-electron chi connectivity index (χ1n) is 6.12.